The monoisotopic (exact) mass is 398 g/mol. The van der Waals surface area contributed by atoms with Gasteiger partial charge in [-0.25, -0.2) is 9.18 Å². The molecule has 2 aromatic rings. The van der Waals surface area contributed by atoms with Crippen molar-refractivity contribution < 1.29 is 18.7 Å². The van der Waals surface area contributed by atoms with Crippen LogP contribution in [0.5, 0.6) is 0 Å². The highest BCUT2D eigenvalue weighted by molar-refractivity contribution is 5.94. The molecule has 3 rings (SSSR count). The van der Waals surface area contributed by atoms with Crippen molar-refractivity contribution in [3.8, 4) is 0 Å². The maximum absolute atomic E-state index is 14.4. The van der Waals surface area contributed by atoms with Gasteiger partial charge in [0.25, 0.3) is 0 Å². The van der Waals surface area contributed by atoms with Gasteiger partial charge in [0.15, 0.2) is 0 Å². The van der Waals surface area contributed by atoms with Crippen LogP contribution in [0.1, 0.15) is 32.3 Å². The van der Waals surface area contributed by atoms with Gasteiger partial charge in [-0.3, -0.25) is 4.79 Å². The van der Waals surface area contributed by atoms with Crippen molar-refractivity contribution in [3.63, 3.8) is 0 Å². The molecule has 2 amide bonds. The predicted molar refractivity (Wildman–Crippen MR) is 110 cm³/mol. The Labute approximate surface area is 171 Å². The number of anilines is 1. The third-order valence-corrected chi connectivity index (χ3v) is 5.34. The summed E-state index contributed by atoms with van der Waals surface area (Å²) in [6.07, 6.45) is 0.501. The molecule has 0 N–H and O–H groups in total. The minimum atomic E-state index is -0.411. The summed E-state index contributed by atoms with van der Waals surface area (Å²) in [5.74, 6) is -0.540. The Kier molecular flexibility index (Phi) is 6.86. The first-order valence-electron chi connectivity index (χ1n) is 10.0. The molecule has 29 heavy (non-hydrogen) atoms. The number of carbonyl (C=O) groups is 2. The number of benzene rings is 2. The lowest BCUT2D eigenvalue weighted by atomic mass is 9.91. The fourth-order valence-electron chi connectivity index (χ4n) is 3.81. The third kappa shape index (κ3) is 4.94. The van der Waals surface area contributed by atoms with E-state index >= 15 is 0 Å². The van der Waals surface area contributed by atoms with Crippen molar-refractivity contribution in [2.75, 3.05) is 18.0 Å². The second kappa shape index (κ2) is 9.54. The number of hydrogen-bond acceptors (Lipinski definition) is 3. The van der Waals surface area contributed by atoms with Crippen LogP contribution in [0.3, 0.4) is 0 Å². The van der Waals surface area contributed by atoms with Crippen molar-refractivity contribution >= 4 is 17.7 Å². The number of hydrogen-bond donors (Lipinski definition) is 0. The molecule has 0 aliphatic carbocycles. The number of piperidine rings is 1. The van der Waals surface area contributed by atoms with E-state index in [9.17, 15) is 14.0 Å². The Hall–Kier alpha value is -2.89. The molecule has 0 bridgehead atoms. The molecular formula is C23H27FN2O3. The molecule has 1 saturated heterocycles. The molecule has 0 aromatic heterocycles. The molecule has 1 aliphatic rings. The SMILES string of the molecule is CCC(=O)N(c1ccccc1F)[C@@H]1CCN(C(=O)OCc2ccccc2)C[C@@H]1C. The molecule has 1 aliphatic heterocycles. The van der Waals surface area contributed by atoms with Gasteiger partial charge in [0.05, 0.1) is 5.69 Å². The fraction of sp³-hybridized carbons (Fsp3) is 0.391. The molecular weight excluding hydrogens is 371 g/mol. The quantitative estimate of drug-likeness (QED) is 0.739. The lowest BCUT2D eigenvalue weighted by Crippen LogP contribution is -2.53. The van der Waals surface area contributed by atoms with Crippen LogP contribution in [0.4, 0.5) is 14.9 Å². The Morgan fingerprint density at radius 3 is 2.48 bits per heavy atom. The minimum absolute atomic E-state index is 0.0110. The molecule has 5 nitrogen and oxygen atoms in total. The number of ether oxygens (including phenoxy) is 1. The first-order valence-corrected chi connectivity index (χ1v) is 10.0. The summed E-state index contributed by atoms with van der Waals surface area (Å²) in [6.45, 7) is 4.91. The van der Waals surface area contributed by atoms with Gasteiger partial charge in [-0.05, 0) is 30.0 Å². The van der Waals surface area contributed by atoms with Crippen LogP contribution >= 0.6 is 0 Å². The number of nitrogens with zero attached hydrogens (tertiary/aromatic N) is 2. The van der Waals surface area contributed by atoms with Gasteiger partial charge in [-0.1, -0.05) is 56.3 Å². The Morgan fingerprint density at radius 1 is 1.14 bits per heavy atom. The topological polar surface area (TPSA) is 49.9 Å². The van der Waals surface area contributed by atoms with Gasteiger partial charge in [0.1, 0.15) is 12.4 Å². The largest absolute Gasteiger partial charge is 0.445 e. The van der Waals surface area contributed by atoms with Crippen LogP contribution in [0.25, 0.3) is 0 Å². The molecule has 1 fully saturated rings. The number of rotatable bonds is 5. The van der Waals surface area contributed by atoms with Crippen molar-refractivity contribution in [3.05, 3.63) is 66.0 Å². The molecule has 1 heterocycles. The molecule has 0 unspecified atom stereocenters. The first kappa shape index (κ1) is 20.8. The van der Waals surface area contributed by atoms with Crippen molar-refractivity contribution in [2.24, 2.45) is 5.92 Å². The second-order valence-electron chi connectivity index (χ2n) is 7.39. The fourth-order valence-corrected chi connectivity index (χ4v) is 3.81. The summed E-state index contributed by atoms with van der Waals surface area (Å²) in [4.78, 5) is 28.4. The van der Waals surface area contributed by atoms with Gasteiger partial charge in [0.2, 0.25) is 5.91 Å². The Bertz CT molecular complexity index is 843. The molecule has 0 radical (unpaired) electrons. The second-order valence-corrected chi connectivity index (χ2v) is 7.39. The van der Waals surface area contributed by atoms with E-state index in [2.05, 4.69) is 0 Å². The van der Waals surface area contributed by atoms with Gasteiger partial charge >= 0.3 is 6.09 Å². The normalized spacial score (nSPS) is 18.9. The molecule has 0 spiro atoms. The van der Waals surface area contributed by atoms with Gasteiger partial charge in [-0.2, -0.15) is 0 Å². The van der Waals surface area contributed by atoms with Crippen molar-refractivity contribution in [1.82, 2.24) is 4.90 Å². The van der Waals surface area contributed by atoms with E-state index in [1.165, 1.54) is 6.07 Å². The molecule has 6 heteroatoms. The van der Waals surface area contributed by atoms with Gasteiger partial charge in [-0.15, -0.1) is 0 Å². The predicted octanol–water partition coefficient (Wildman–Crippen LogP) is 4.62. The zero-order valence-electron chi connectivity index (χ0n) is 16.9. The van der Waals surface area contributed by atoms with Gasteiger partial charge < -0.3 is 14.5 Å². The van der Waals surface area contributed by atoms with Crippen LogP contribution in [-0.4, -0.2) is 36.0 Å². The number of amides is 2. The summed E-state index contributed by atoms with van der Waals surface area (Å²) < 4.78 is 19.8. The van der Waals surface area contributed by atoms with Crippen LogP contribution in [-0.2, 0) is 16.1 Å². The van der Waals surface area contributed by atoms with Crippen LogP contribution in [0.15, 0.2) is 54.6 Å². The average Bonchev–Trinajstić information content (AvgIpc) is 2.75. The summed E-state index contributed by atoms with van der Waals surface area (Å²) in [7, 11) is 0. The van der Waals surface area contributed by atoms with E-state index in [-0.39, 0.29) is 30.6 Å². The molecule has 2 atom stereocenters. The highest BCUT2D eigenvalue weighted by atomic mass is 19.1. The number of likely N-dealkylation sites (tertiary alicyclic amines) is 1. The van der Waals surface area contributed by atoms with E-state index < -0.39 is 5.82 Å². The minimum Gasteiger partial charge on any atom is -0.445 e. The molecule has 154 valence electrons. The highest BCUT2D eigenvalue weighted by Gasteiger charge is 2.36. The van der Waals surface area contributed by atoms with E-state index in [1.54, 1.807) is 34.9 Å². The zero-order chi connectivity index (χ0) is 20.8. The summed E-state index contributed by atoms with van der Waals surface area (Å²) >= 11 is 0. The van der Waals surface area contributed by atoms with E-state index in [0.29, 0.717) is 31.6 Å². The van der Waals surface area contributed by atoms with Crippen LogP contribution in [0.2, 0.25) is 0 Å². The lowest BCUT2D eigenvalue weighted by Gasteiger charge is -2.42. The maximum atomic E-state index is 14.4. The standard InChI is InChI=1S/C23H27FN2O3/c1-3-22(27)26(21-12-8-7-11-19(21)24)20-13-14-25(15-17(20)2)23(28)29-16-18-9-5-4-6-10-18/h4-12,17,20H,3,13-16H2,1-2H3/t17-,20+/m0/s1. The summed E-state index contributed by atoms with van der Waals surface area (Å²) in [6, 6.07) is 15.7. The van der Waals surface area contributed by atoms with E-state index in [0.717, 1.165) is 5.56 Å². The average molecular weight is 398 g/mol. The molecule has 2 aromatic carbocycles. The smallest absolute Gasteiger partial charge is 0.410 e. The van der Waals surface area contributed by atoms with Crippen molar-refractivity contribution in [1.29, 1.82) is 0 Å². The van der Waals surface area contributed by atoms with Crippen molar-refractivity contribution in [2.45, 2.75) is 39.3 Å². The van der Waals surface area contributed by atoms with Crippen LogP contribution in [0, 0.1) is 11.7 Å². The lowest BCUT2D eigenvalue weighted by molar-refractivity contribution is -0.119. The number of para-hydroxylation sites is 1. The number of halogens is 1. The summed E-state index contributed by atoms with van der Waals surface area (Å²) in [5.41, 5.74) is 1.24. The molecule has 0 saturated carbocycles. The summed E-state index contributed by atoms with van der Waals surface area (Å²) in [5, 5.41) is 0. The number of carbonyl (C=O) groups excluding carboxylic acids is 2. The third-order valence-electron chi connectivity index (χ3n) is 5.34. The van der Waals surface area contributed by atoms with Crippen LogP contribution < -0.4 is 4.90 Å². The Balaban J connectivity index is 1.66. The van der Waals surface area contributed by atoms with E-state index in [4.69, 9.17) is 4.74 Å². The first-order chi connectivity index (χ1) is 14.0. The highest BCUT2D eigenvalue weighted by Crippen LogP contribution is 2.30. The van der Waals surface area contributed by atoms with E-state index in [1.807, 2.05) is 37.3 Å². The maximum Gasteiger partial charge on any atom is 0.410 e. The zero-order valence-corrected chi connectivity index (χ0v) is 16.9. The van der Waals surface area contributed by atoms with Gasteiger partial charge in [0, 0.05) is 25.6 Å². The Morgan fingerprint density at radius 2 is 1.83 bits per heavy atom.